The zero-order chi connectivity index (χ0) is 13.5. The second-order valence-corrected chi connectivity index (χ2v) is 6.03. The van der Waals surface area contributed by atoms with Crippen molar-refractivity contribution in [2.75, 3.05) is 6.54 Å². The number of fused-ring (bicyclic) bond motifs is 2. The summed E-state index contributed by atoms with van der Waals surface area (Å²) in [6.07, 6.45) is 1.06. The summed E-state index contributed by atoms with van der Waals surface area (Å²) in [5.74, 6) is 0.969. The normalized spacial score (nSPS) is 14.4. The molecule has 2 aromatic carbocycles. The number of hydrogen-bond acceptors (Lipinski definition) is 2. The molecule has 2 N–H and O–H groups in total. The highest BCUT2D eigenvalue weighted by atomic mass is 79.9. The van der Waals surface area contributed by atoms with Gasteiger partial charge in [0.2, 0.25) is 0 Å². The van der Waals surface area contributed by atoms with E-state index in [4.69, 9.17) is 4.98 Å². The molecule has 0 unspecified atom stereocenters. The fourth-order valence-electron chi connectivity index (χ4n) is 2.86. The molecule has 0 aliphatic carbocycles. The highest BCUT2D eigenvalue weighted by Crippen LogP contribution is 2.28. The number of nitrogens with zero attached hydrogens (tertiary/aromatic N) is 1. The summed E-state index contributed by atoms with van der Waals surface area (Å²) in [7, 11) is 0. The molecule has 0 bridgehead atoms. The summed E-state index contributed by atoms with van der Waals surface area (Å²) in [5.41, 5.74) is 6.12. The molecule has 0 atom stereocenters. The van der Waals surface area contributed by atoms with Gasteiger partial charge in [-0.1, -0.05) is 34.1 Å². The third-order valence-corrected chi connectivity index (χ3v) is 4.33. The van der Waals surface area contributed by atoms with E-state index in [1.807, 2.05) is 12.1 Å². The van der Waals surface area contributed by atoms with E-state index < -0.39 is 0 Å². The highest BCUT2D eigenvalue weighted by molar-refractivity contribution is 9.10. The first-order chi connectivity index (χ1) is 9.81. The molecule has 0 saturated carbocycles. The Balaban J connectivity index is 1.90. The van der Waals surface area contributed by atoms with Crippen LogP contribution in [0, 0.1) is 0 Å². The number of rotatable bonds is 1. The van der Waals surface area contributed by atoms with Gasteiger partial charge in [0.1, 0.15) is 5.82 Å². The van der Waals surface area contributed by atoms with Gasteiger partial charge < -0.3 is 10.3 Å². The van der Waals surface area contributed by atoms with Gasteiger partial charge in [-0.3, -0.25) is 0 Å². The van der Waals surface area contributed by atoms with Crippen LogP contribution in [0.5, 0.6) is 0 Å². The lowest BCUT2D eigenvalue weighted by atomic mass is 9.95. The zero-order valence-corrected chi connectivity index (χ0v) is 12.5. The second kappa shape index (κ2) is 4.72. The van der Waals surface area contributed by atoms with Gasteiger partial charge in [-0.05, 0) is 42.3 Å². The lowest BCUT2D eigenvalue weighted by Crippen LogP contribution is -2.24. The van der Waals surface area contributed by atoms with Crippen LogP contribution in [0.1, 0.15) is 11.1 Å². The maximum Gasteiger partial charge on any atom is 0.138 e. The molecule has 0 radical (unpaired) electrons. The van der Waals surface area contributed by atoms with E-state index in [-0.39, 0.29) is 0 Å². The van der Waals surface area contributed by atoms with Crippen molar-refractivity contribution in [3.05, 3.63) is 52.0 Å². The van der Waals surface area contributed by atoms with Crippen LogP contribution in [-0.2, 0) is 13.0 Å². The summed E-state index contributed by atoms with van der Waals surface area (Å²) in [5, 5.41) is 3.42. The number of imidazole rings is 1. The summed E-state index contributed by atoms with van der Waals surface area (Å²) in [6.45, 7) is 1.99. The summed E-state index contributed by atoms with van der Waals surface area (Å²) in [6, 6.07) is 12.6. The number of hydrogen-bond donors (Lipinski definition) is 2. The molecule has 0 saturated heterocycles. The van der Waals surface area contributed by atoms with Crippen LogP contribution in [0.2, 0.25) is 0 Å². The maximum absolute atomic E-state index is 4.74. The lowest BCUT2D eigenvalue weighted by molar-refractivity contribution is 0.644. The van der Waals surface area contributed by atoms with E-state index in [1.165, 1.54) is 16.7 Å². The molecule has 4 rings (SSSR count). The molecule has 1 aliphatic heterocycles. The Bertz CT molecular complexity index is 792. The van der Waals surface area contributed by atoms with Gasteiger partial charge in [-0.2, -0.15) is 0 Å². The number of halogens is 1. The minimum atomic E-state index is 0.953. The Labute approximate surface area is 125 Å². The van der Waals surface area contributed by atoms with Gasteiger partial charge in [-0.15, -0.1) is 0 Å². The van der Waals surface area contributed by atoms with Gasteiger partial charge in [0, 0.05) is 16.6 Å². The topological polar surface area (TPSA) is 40.7 Å². The first kappa shape index (κ1) is 12.1. The van der Waals surface area contributed by atoms with Crippen molar-refractivity contribution in [3.8, 4) is 11.4 Å². The van der Waals surface area contributed by atoms with Crippen molar-refractivity contribution in [3.63, 3.8) is 0 Å². The van der Waals surface area contributed by atoms with E-state index in [9.17, 15) is 0 Å². The van der Waals surface area contributed by atoms with Crippen LogP contribution >= 0.6 is 15.9 Å². The van der Waals surface area contributed by atoms with E-state index in [1.54, 1.807) is 0 Å². The van der Waals surface area contributed by atoms with Crippen LogP contribution in [0.4, 0.5) is 0 Å². The fraction of sp³-hybridized carbons (Fsp3) is 0.188. The smallest absolute Gasteiger partial charge is 0.138 e. The quantitative estimate of drug-likeness (QED) is 0.716. The van der Waals surface area contributed by atoms with Gasteiger partial charge in [-0.25, -0.2) is 4.98 Å². The molecule has 100 valence electrons. The number of H-pyrrole nitrogens is 1. The van der Waals surface area contributed by atoms with Crippen LogP contribution in [0.3, 0.4) is 0 Å². The first-order valence-electron chi connectivity index (χ1n) is 6.78. The van der Waals surface area contributed by atoms with Crippen LogP contribution in [0.25, 0.3) is 22.4 Å². The molecule has 1 aliphatic rings. The molecule has 2 heterocycles. The van der Waals surface area contributed by atoms with Crippen LogP contribution in [0.15, 0.2) is 40.9 Å². The Hall–Kier alpha value is -1.65. The molecule has 3 aromatic rings. The van der Waals surface area contributed by atoms with Gasteiger partial charge in [0.25, 0.3) is 0 Å². The molecular weight excluding hydrogens is 314 g/mol. The average molecular weight is 328 g/mol. The third-order valence-electron chi connectivity index (χ3n) is 3.84. The van der Waals surface area contributed by atoms with Crippen molar-refractivity contribution in [1.82, 2.24) is 15.3 Å². The van der Waals surface area contributed by atoms with Crippen molar-refractivity contribution < 1.29 is 0 Å². The monoisotopic (exact) mass is 327 g/mol. The molecule has 4 heteroatoms. The summed E-state index contributed by atoms with van der Waals surface area (Å²) < 4.78 is 1.07. The van der Waals surface area contributed by atoms with Crippen LogP contribution in [-0.4, -0.2) is 16.5 Å². The van der Waals surface area contributed by atoms with Crippen molar-refractivity contribution in [2.45, 2.75) is 13.0 Å². The van der Waals surface area contributed by atoms with Gasteiger partial charge in [0.05, 0.1) is 11.0 Å². The predicted molar refractivity (Wildman–Crippen MR) is 84.6 cm³/mol. The number of nitrogens with one attached hydrogen (secondary N) is 2. The Morgan fingerprint density at radius 1 is 1.15 bits per heavy atom. The predicted octanol–water partition coefficient (Wildman–Crippen LogP) is 3.64. The third kappa shape index (κ3) is 1.96. The molecule has 0 amide bonds. The Morgan fingerprint density at radius 2 is 2.10 bits per heavy atom. The van der Waals surface area contributed by atoms with E-state index >= 15 is 0 Å². The van der Waals surface area contributed by atoms with Crippen molar-refractivity contribution >= 4 is 27.0 Å². The van der Waals surface area contributed by atoms with Gasteiger partial charge >= 0.3 is 0 Å². The minimum absolute atomic E-state index is 0.953. The Morgan fingerprint density at radius 3 is 3.05 bits per heavy atom. The number of aromatic nitrogens is 2. The summed E-state index contributed by atoms with van der Waals surface area (Å²) in [4.78, 5) is 8.18. The molecule has 3 nitrogen and oxygen atoms in total. The molecule has 20 heavy (non-hydrogen) atoms. The van der Waals surface area contributed by atoms with E-state index in [0.717, 1.165) is 40.8 Å². The van der Waals surface area contributed by atoms with E-state index in [0.29, 0.717) is 0 Å². The molecule has 1 aromatic heterocycles. The fourth-order valence-corrected chi connectivity index (χ4v) is 3.22. The standard InChI is InChI=1S/C16H14BrN3/c17-11-4-5-14-15(8-11)20-16(19-14)13-3-1-2-10-9-18-7-6-12(10)13/h1-5,8,18H,6-7,9H2,(H,19,20). The largest absolute Gasteiger partial charge is 0.338 e. The lowest BCUT2D eigenvalue weighted by Gasteiger charge is -2.19. The van der Waals surface area contributed by atoms with Crippen molar-refractivity contribution in [1.29, 1.82) is 0 Å². The van der Waals surface area contributed by atoms with E-state index in [2.05, 4.69) is 50.5 Å². The second-order valence-electron chi connectivity index (χ2n) is 5.12. The zero-order valence-electron chi connectivity index (χ0n) is 10.9. The molecule has 0 spiro atoms. The first-order valence-corrected chi connectivity index (χ1v) is 7.58. The molecule has 0 fully saturated rings. The van der Waals surface area contributed by atoms with Crippen LogP contribution < -0.4 is 5.32 Å². The minimum Gasteiger partial charge on any atom is -0.338 e. The molecular formula is C16H14BrN3. The SMILES string of the molecule is Brc1ccc2nc(-c3cccc4c3CCNC4)[nH]c2c1. The highest BCUT2D eigenvalue weighted by Gasteiger charge is 2.15. The summed E-state index contributed by atoms with van der Waals surface area (Å²) >= 11 is 3.50. The number of benzene rings is 2. The van der Waals surface area contributed by atoms with Crippen molar-refractivity contribution in [2.24, 2.45) is 0 Å². The number of aromatic amines is 1. The Kier molecular flexibility index (Phi) is 2.86. The average Bonchev–Trinajstić information content (AvgIpc) is 2.89. The van der Waals surface area contributed by atoms with Gasteiger partial charge in [0.15, 0.2) is 0 Å². The maximum atomic E-state index is 4.74.